The second-order valence-electron chi connectivity index (χ2n) is 6.28. The van der Waals surface area contributed by atoms with Gasteiger partial charge in [0.05, 0.1) is 5.92 Å². The van der Waals surface area contributed by atoms with Gasteiger partial charge in [0.2, 0.25) is 11.7 Å². The van der Waals surface area contributed by atoms with Crippen LogP contribution in [0.5, 0.6) is 0 Å². The summed E-state index contributed by atoms with van der Waals surface area (Å²) in [5.41, 5.74) is -0.424. The van der Waals surface area contributed by atoms with E-state index in [0.29, 0.717) is 18.3 Å². The first kappa shape index (κ1) is 16.1. The van der Waals surface area contributed by atoms with Crippen molar-refractivity contribution in [2.75, 3.05) is 6.61 Å². The molecule has 1 aromatic rings. The maximum Gasteiger partial charge on any atom is 0.237 e. The highest BCUT2D eigenvalue weighted by molar-refractivity contribution is 5.82. The lowest BCUT2D eigenvalue weighted by atomic mass is 9.84. The molecule has 5 nitrogen and oxygen atoms in total. The van der Waals surface area contributed by atoms with Gasteiger partial charge in [0, 0.05) is 6.61 Å². The van der Waals surface area contributed by atoms with E-state index >= 15 is 0 Å². The smallest absolute Gasteiger partial charge is 0.237 e. The van der Waals surface area contributed by atoms with Crippen LogP contribution in [0.4, 0.5) is 0 Å². The standard InChI is InChI=1S/C16H26N2O3/c1-5-20-16(9-7-6-8-10-16)15-17-14(21-18-15)13(11(2)3)12(4)19/h11,13H,5-10H2,1-4H3. The van der Waals surface area contributed by atoms with Crippen molar-refractivity contribution in [3.63, 3.8) is 0 Å². The minimum absolute atomic E-state index is 0.0642. The molecule has 1 aliphatic rings. The van der Waals surface area contributed by atoms with Gasteiger partial charge in [-0.3, -0.25) is 4.79 Å². The zero-order valence-electron chi connectivity index (χ0n) is 13.5. The molecule has 1 aromatic heterocycles. The van der Waals surface area contributed by atoms with Crippen LogP contribution in [0.25, 0.3) is 0 Å². The van der Waals surface area contributed by atoms with Crippen molar-refractivity contribution in [1.82, 2.24) is 10.1 Å². The van der Waals surface area contributed by atoms with Gasteiger partial charge < -0.3 is 9.26 Å². The molecule has 0 radical (unpaired) electrons. The third kappa shape index (κ3) is 3.34. The molecule has 1 saturated carbocycles. The number of carbonyl (C=O) groups is 1. The molecule has 118 valence electrons. The molecule has 0 spiro atoms. The Morgan fingerprint density at radius 3 is 2.52 bits per heavy atom. The Kier molecular flexibility index (Phi) is 5.14. The van der Waals surface area contributed by atoms with Crippen LogP contribution < -0.4 is 0 Å². The Morgan fingerprint density at radius 1 is 1.33 bits per heavy atom. The molecular weight excluding hydrogens is 268 g/mol. The van der Waals surface area contributed by atoms with E-state index in [0.717, 1.165) is 25.7 Å². The third-order valence-corrected chi connectivity index (χ3v) is 4.30. The summed E-state index contributed by atoms with van der Waals surface area (Å²) < 4.78 is 11.4. The fourth-order valence-electron chi connectivity index (χ4n) is 3.31. The monoisotopic (exact) mass is 294 g/mol. The van der Waals surface area contributed by atoms with Gasteiger partial charge in [0.1, 0.15) is 11.4 Å². The first-order valence-corrected chi connectivity index (χ1v) is 7.98. The van der Waals surface area contributed by atoms with Gasteiger partial charge in [-0.15, -0.1) is 0 Å². The first-order valence-electron chi connectivity index (χ1n) is 7.98. The molecular formula is C16H26N2O3. The summed E-state index contributed by atoms with van der Waals surface area (Å²) in [7, 11) is 0. The van der Waals surface area contributed by atoms with E-state index in [1.54, 1.807) is 6.92 Å². The minimum atomic E-state index is -0.424. The molecule has 1 aliphatic carbocycles. The molecule has 0 saturated heterocycles. The van der Waals surface area contributed by atoms with Crippen LogP contribution in [-0.2, 0) is 15.1 Å². The van der Waals surface area contributed by atoms with E-state index in [4.69, 9.17) is 9.26 Å². The first-order chi connectivity index (χ1) is 10.00. The Labute approximate surface area is 126 Å². The van der Waals surface area contributed by atoms with Gasteiger partial charge in [-0.1, -0.05) is 38.3 Å². The second kappa shape index (κ2) is 6.69. The average Bonchev–Trinajstić information content (AvgIpc) is 2.89. The van der Waals surface area contributed by atoms with Crippen LogP contribution in [-0.4, -0.2) is 22.5 Å². The largest absolute Gasteiger partial charge is 0.367 e. The van der Waals surface area contributed by atoms with E-state index in [-0.39, 0.29) is 17.6 Å². The normalized spacial score (nSPS) is 19.7. The Morgan fingerprint density at radius 2 is 2.00 bits per heavy atom. The van der Waals surface area contributed by atoms with E-state index in [1.165, 1.54) is 6.42 Å². The van der Waals surface area contributed by atoms with E-state index < -0.39 is 5.60 Å². The van der Waals surface area contributed by atoms with Gasteiger partial charge >= 0.3 is 0 Å². The number of Topliss-reactive ketones (excluding diaryl/α,β-unsaturated/α-hetero) is 1. The molecule has 0 aliphatic heterocycles. The number of ether oxygens (including phenoxy) is 1. The van der Waals surface area contributed by atoms with Crippen molar-refractivity contribution in [3.8, 4) is 0 Å². The fraction of sp³-hybridized carbons (Fsp3) is 0.812. The van der Waals surface area contributed by atoms with Crippen LogP contribution in [0, 0.1) is 5.92 Å². The van der Waals surface area contributed by atoms with Crippen molar-refractivity contribution in [2.24, 2.45) is 5.92 Å². The fourth-order valence-corrected chi connectivity index (χ4v) is 3.31. The van der Waals surface area contributed by atoms with Crippen molar-refractivity contribution in [1.29, 1.82) is 0 Å². The Hall–Kier alpha value is -1.23. The molecule has 0 amide bonds. The van der Waals surface area contributed by atoms with E-state index in [1.807, 2.05) is 20.8 Å². The van der Waals surface area contributed by atoms with Crippen LogP contribution in [0.2, 0.25) is 0 Å². The van der Waals surface area contributed by atoms with Crippen LogP contribution in [0.15, 0.2) is 4.52 Å². The van der Waals surface area contributed by atoms with Crippen molar-refractivity contribution in [3.05, 3.63) is 11.7 Å². The summed E-state index contributed by atoms with van der Waals surface area (Å²) in [6.45, 7) is 8.19. The van der Waals surface area contributed by atoms with Crippen molar-refractivity contribution in [2.45, 2.75) is 71.3 Å². The number of ketones is 1. The third-order valence-electron chi connectivity index (χ3n) is 4.30. The number of aromatic nitrogens is 2. The Balaban J connectivity index is 2.30. The topological polar surface area (TPSA) is 65.2 Å². The summed E-state index contributed by atoms with van der Waals surface area (Å²) in [6.07, 6.45) is 5.30. The zero-order chi connectivity index (χ0) is 15.5. The molecule has 0 bridgehead atoms. The lowest BCUT2D eigenvalue weighted by Gasteiger charge is -2.33. The number of hydrogen-bond acceptors (Lipinski definition) is 5. The number of nitrogens with zero attached hydrogens (tertiary/aromatic N) is 2. The quantitative estimate of drug-likeness (QED) is 0.802. The van der Waals surface area contributed by atoms with E-state index in [2.05, 4.69) is 10.1 Å². The number of rotatable bonds is 6. The molecule has 0 N–H and O–H groups in total. The van der Waals surface area contributed by atoms with Crippen molar-refractivity contribution < 1.29 is 14.1 Å². The lowest BCUT2D eigenvalue weighted by Crippen LogP contribution is -2.33. The minimum Gasteiger partial charge on any atom is -0.367 e. The molecule has 1 fully saturated rings. The summed E-state index contributed by atoms with van der Waals surface area (Å²) in [5.74, 6) is 0.927. The zero-order valence-corrected chi connectivity index (χ0v) is 13.5. The molecule has 1 heterocycles. The van der Waals surface area contributed by atoms with Gasteiger partial charge in [-0.25, -0.2) is 0 Å². The number of carbonyl (C=O) groups excluding carboxylic acids is 1. The molecule has 2 rings (SSSR count). The van der Waals surface area contributed by atoms with Crippen LogP contribution in [0.3, 0.4) is 0 Å². The Bertz CT molecular complexity index is 470. The summed E-state index contributed by atoms with van der Waals surface area (Å²) in [6, 6.07) is 0. The molecule has 1 atom stereocenters. The predicted octanol–water partition coefficient (Wildman–Crippen LogP) is 3.59. The van der Waals surface area contributed by atoms with Crippen LogP contribution >= 0.6 is 0 Å². The SMILES string of the molecule is CCOC1(c2noc(C(C(C)=O)C(C)C)n2)CCCCC1. The van der Waals surface area contributed by atoms with Gasteiger partial charge in [-0.2, -0.15) is 4.98 Å². The maximum absolute atomic E-state index is 11.8. The summed E-state index contributed by atoms with van der Waals surface area (Å²) in [5, 5.41) is 4.15. The van der Waals surface area contributed by atoms with Crippen molar-refractivity contribution >= 4 is 5.78 Å². The molecule has 5 heteroatoms. The van der Waals surface area contributed by atoms with Crippen LogP contribution in [0.1, 0.15) is 77.4 Å². The maximum atomic E-state index is 11.8. The highest BCUT2D eigenvalue weighted by Gasteiger charge is 2.40. The van der Waals surface area contributed by atoms with Gasteiger partial charge in [0.15, 0.2) is 0 Å². The highest BCUT2D eigenvalue weighted by atomic mass is 16.5. The summed E-state index contributed by atoms with van der Waals surface area (Å²) in [4.78, 5) is 16.4. The lowest BCUT2D eigenvalue weighted by molar-refractivity contribution is -0.119. The molecule has 21 heavy (non-hydrogen) atoms. The summed E-state index contributed by atoms with van der Waals surface area (Å²) >= 11 is 0. The molecule has 0 aromatic carbocycles. The van der Waals surface area contributed by atoms with Gasteiger partial charge in [0.25, 0.3) is 0 Å². The molecule has 1 unspecified atom stereocenters. The van der Waals surface area contributed by atoms with E-state index in [9.17, 15) is 4.79 Å². The average molecular weight is 294 g/mol. The highest BCUT2D eigenvalue weighted by Crippen LogP contribution is 2.39. The van der Waals surface area contributed by atoms with Gasteiger partial charge in [-0.05, 0) is 32.6 Å². The number of hydrogen-bond donors (Lipinski definition) is 0. The second-order valence-corrected chi connectivity index (χ2v) is 6.28. The predicted molar refractivity (Wildman–Crippen MR) is 78.9 cm³/mol.